The van der Waals surface area contributed by atoms with Crippen molar-refractivity contribution in [3.05, 3.63) is 0 Å². The van der Waals surface area contributed by atoms with Crippen LogP contribution >= 0.6 is 0 Å². The first kappa shape index (κ1) is 15.8. The van der Waals surface area contributed by atoms with E-state index >= 15 is 0 Å². The predicted molar refractivity (Wildman–Crippen MR) is 71.3 cm³/mol. The molecule has 1 N–H and O–H groups in total. The van der Waals surface area contributed by atoms with Crippen molar-refractivity contribution in [2.75, 3.05) is 6.61 Å². The molecule has 1 aliphatic heterocycles. The standard InChI is InChI=1S/C14H23NO4/c1-8-14(7,17)10-9-18-13(5,6)15(10)11(16)19-12(2,3)4/h1,10,17H,9H2,2-7H3/t10-,14-/m1/s1. The predicted octanol–water partition coefficient (Wildman–Crippen LogP) is 1.74. The lowest BCUT2D eigenvalue weighted by atomic mass is 9.97. The number of hydrogen-bond donors (Lipinski definition) is 1. The summed E-state index contributed by atoms with van der Waals surface area (Å²) in [6.07, 6.45) is 4.78. The van der Waals surface area contributed by atoms with Gasteiger partial charge >= 0.3 is 6.09 Å². The topological polar surface area (TPSA) is 59.0 Å². The molecule has 0 aliphatic carbocycles. The molecule has 0 aromatic carbocycles. The van der Waals surface area contributed by atoms with E-state index in [1.165, 1.54) is 11.8 Å². The average Bonchev–Trinajstić information content (AvgIpc) is 2.52. The Morgan fingerprint density at radius 2 is 2.00 bits per heavy atom. The number of carbonyl (C=O) groups is 1. The normalized spacial score (nSPS) is 25.6. The van der Waals surface area contributed by atoms with Crippen molar-refractivity contribution < 1.29 is 19.4 Å². The third-order valence-corrected chi connectivity index (χ3v) is 3.02. The molecule has 19 heavy (non-hydrogen) atoms. The van der Waals surface area contributed by atoms with Gasteiger partial charge in [0, 0.05) is 0 Å². The maximum absolute atomic E-state index is 12.3. The summed E-state index contributed by atoms with van der Waals surface area (Å²) in [5.41, 5.74) is -2.96. The van der Waals surface area contributed by atoms with E-state index in [1.54, 1.807) is 34.6 Å². The molecule has 1 saturated heterocycles. The van der Waals surface area contributed by atoms with Crippen LogP contribution in [0.25, 0.3) is 0 Å². The molecule has 0 spiro atoms. The van der Waals surface area contributed by atoms with Gasteiger partial charge in [-0.15, -0.1) is 6.42 Å². The fraction of sp³-hybridized carbons (Fsp3) is 0.786. The quantitative estimate of drug-likeness (QED) is 0.737. The highest BCUT2D eigenvalue weighted by Crippen LogP contribution is 2.34. The number of aliphatic hydroxyl groups is 1. The first-order chi connectivity index (χ1) is 8.41. The van der Waals surface area contributed by atoms with Gasteiger partial charge in [-0.25, -0.2) is 4.79 Å². The van der Waals surface area contributed by atoms with Crippen molar-refractivity contribution in [2.45, 2.75) is 64.5 Å². The molecule has 0 aromatic heterocycles. The van der Waals surface area contributed by atoms with Crippen LogP contribution in [-0.2, 0) is 9.47 Å². The second-order valence-corrected chi connectivity index (χ2v) is 6.42. The Kier molecular flexibility index (Phi) is 3.91. The zero-order valence-electron chi connectivity index (χ0n) is 12.5. The molecule has 0 unspecified atom stereocenters. The SMILES string of the molecule is C#C[C@@](C)(O)[C@H]1COC(C)(C)N1C(=O)OC(C)(C)C. The van der Waals surface area contributed by atoms with E-state index < -0.39 is 29.1 Å². The molecule has 108 valence electrons. The van der Waals surface area contributed by atoms with Crippen molar-refractivity contribution in [3.63, 3.8) is 0 Å². The molecule has 0 saturated carbocycles. The molecule has 1 heterocycles. The van der Waals surface area contributed by atoms with Crippen molar-refractivity contribution in [2.24, 2.45) is 0 Å². The van der Waals surface area contributed by atoms with Crippen LogP contribution in [0.1, 0.15) is 41.5 Å². The Bertz CT molecular complexity index is 401. The van der Waals surface area contributed by atoms with Gasteiger partial charge in [-0.05, 0) is 41.5 Å². The molecular formula is C14H23NO4. The second kappa shape index (κ2) is 4.69. The van der Waals surface area contributed by atoms with Crippen LogP contribution in [0.4, 0.5) is 4.79 Å². The first-order valence-electron chi connectivity index (χ1n) is 6.27. The maximum atomic E-state index is 12.3. The third kappa shape index (κ3) is 3.40. The Labute approximate surface area is 114 Å². The van der Waals surface area contributed by atoms with Gasteiger partial charge < -0.3 is 14.6 Å². The minimum atomic E-state index is -1.47. The van der Waals surface area contributed by atoms with Gasteiger partial charge in [0.2, 0.25) is 0 Å². The van der Waals surface area contributed by atoms with E-state index in [2.05, 4.69) is 5.92 Å². The molecule has 0 aromatic rings. The lowest BCUT2D eigenvalue weighted by Crippen LogP contribution is -2.56. The average molecular weight is 269 g/mol. The van der Waals surface area contributed by atoms with E-state index in [0.29, 0.717) is 0 Å². The minimum absolute atomic E-state index is 0.170. The first-order valence-corrected chi connectivity index (χ1v) is 6.27. The summed E-state index contributed by atoms with van der Waals surface area (Å²) in [4.78, 5) is 13.7. The molecular weight excluding hydrogens is 246 g/mol. The molecule has 0 bridgehead atoms. The molecule has 1 fully saturated rings. The van der Waals surface area contributed by atoms with Crippen molar-refractivity contribution in [1.82, 2.24) is 4.90 Å². The van der Waals surface area contributed by atoms with Gasteiger partial charge in [0.1, 0.15) is 23.0 Å². The van der Waals surface area contributed by atoms with Gasteiger partial charge in [0.15, 0.2) is 0 Å². The van der Waals surface area contributed by atoms with Crippen molar-refractivity contribution >= 4 is 6.09 Å². The third-order valence-electron chi connectivity index (χ3n) is 3.02. The van der Waals surface area contributed by atoms with Crippen LogP contribution in [0.2, 0.25) is 0 Å². The van der Waals surface area contributed by atoms with Crippen molar-refractivity contribution in [1.29, 1.82) is 0 Å². The van der Waals surface area contributed by atoms with Crippen LogP contribution in [0.5, 0.6) is 0 Å². The highest BCUT2D eigenvalue weighted by molar-refractivity contribution is 5.70. The number of ether oxygens (including phenoxy) is 2. The zero-order chi connectivity index (χ0) is 15.1. The number of rotatable bonds is 1. The number of hydrogen-bond acceptors (Lipinski definition) is 4. The molecule has 5 nitrogen and oxygen atoms in total. The Hall–Kier alpha value is -1.25. The monoisotopic (exact) mass is 269 g/mol. The van der Waals surface area contributed by atoms with Gasteiger partial charge in [0.25, 0.3) is 0 Å². The molecule has 5 heteroatoms. The Morgan fingerprint density at radius 3 is 2.42 bits per heavy atom. The van der Waals surface area contributed by atoms with E-state index in [9.17, 15) is 9.90 Å². The fourth-order valence-corrected chi connectivity index (χ4v) is 1.97. The number of carbonyl (C=O) groups excluding carboxylic acids is 1. The summed E-state index contributed by atoms with van der Waals surface area (Å²) in [5, 5.41) is 10.2. The van der Waals surface area contributed by atoms with Gasteiger partial charge in [-0.3, -0.25) is 4.90 Å². The lowest BCUT2D eigenvalue weighted by molar-refractivity contribution is -0.0714. The van der Waals surface area contributed by atoms with E-state index in [0.717, 1.165) is 0 Å². The largest absolute Gasteiger partial charge is 0.444 e. The van der Waals surface area contributed by atoms with Crippen LogP contribution in [-0.4, -0.2) is 45.7 Å². The Morgan fingerprint density at radius 1 is 1.47 bits per heavy atom. The van der Waals surface area contributed by atoms with Gasteiger partial charge in [-0.2, -0.15) is 0 Å². The lowest BCUT2D eigenvalue weighted by Gasteiger charge is -2.38. The number of nitrogens with zero attached hydrogens (tertiary/aromatic N) is 1. The molecule has 0 radical (unpaired) electrons. The summed E-state index contributed by atoms with van der Waals surface area (Å²) in [5.74, 6) is 2.29. The number of terminal acetylenes is 1. The van der Waals surface area contributed by atoms with Gasteiger partial charge in [-0.1, -0.05) is 5.92 Å². The summed E-state index contributed by atoms with van der Waals surface area (Å²) in [6.45, 7) is 10.5. The second-order valence-electron chi connectivity index (χ2n) is 6.42. The van der Waals surface area contributed by atoms with Crippen LogP contribution in [0, 0.1) is 12.3 Å². The van der Waals surface area contributed by atoms with E-state index in [1.807, 2.05) is 0 Å². The van der Waals surface area contributed by atoms with E-state index in [4.69, 9.17) is 15.9 Å². The smallest absolute Gasteiger partial charge is 0.413 e. The van der Waals surface area contributed by atoms with Crippen LogP contribution in [0.15, 0.2) is 0 Å². The Balaban J connectivity index is 3.04. The summed E-state index contributed by atoms with van der Waals surface area (Å²) >= 11 is 0. The molecule has 1 rings (SSSR count). The molecule has 1 amide bonds. The highest BCUT2D eigenvalue weighted by atomic mass is 16.6. The molecule has 1 aliphatic rings. The van der Waals surface area contributed by atoms with Crippen LogP contribution in [0.3, 0.4) is 0 Å². The van der Waals surface area contributed by atoms with E-state index in [-0.39, 0.29) is 6.61 Å². The summed E-state index contributed by atoms with van der Waals surface area (Å²) < 4.78 is 10.9. The zero-order valence-corrected chi connectivity index (χ0v) is 12.5. The number of amides is 1. The highest BCUT2D eigenvalue weighted by Gasteiger charge is 2.51. The van der Waals surface area contributed by atoms with Gasteiger partial charge in [0.05, 0.1) is 6.61 Å². The summed E-state index contributed by atoms with van der Waals surface area (Å²) in [6, 6.07) is -0.637. The maximum Gasteiger partial charge on any atom is 0.413 e. The molecule has 2 atom stereocenters. The minimum Gasteiger partial charge on any atom is -0.444 e. The van der Waals surface area contributed by atoms with Crippen molar-refractivity contribution in [3.8, 4) is 12.3 Å². The van der Waals surface area contributed by atoms with Crippen LogP contribution < -0.4 is 0 Å². The fourth-order valence-electron chi connectivity index (χ4n) is 1.97. The summed E-state index contributed by atoms with van der Waals surface area (Å²) in [7, 11) is 0.